The molecule has 0 unspecified atom stereocenters. The van der Waals surface area contributed by atoms with Crippen molar-refractivity contribution in [2.24, 2.45) is 7.05 Å². The van der Waals surface area contributed by atoms with Crippen molar-refractivity contribution in [2.45, 2.75) is 51.2 Å². The number of aromatic nitrogens is 5. The Morgan fingerprint density at radius 2 is 1.91 bits per heavy atom. The number of pyridine rings is 1. The van der Waals surface area contributed by atoms with Crippen LogP contribution in [0, 0.1) is 18.6 Å². The molecular weight excluding hydrogens is 452 g/mol. The molecule has 3 aromatic heterocycles. The fourth-order valence-corrected chi connectivity index (χ4v) is 4.28. The third-order valence-electron chi connectivity index (χ3n) is 6.52. The Kier molecular flexibility index (Phi) is 6.42. The summed E-state index contributed by atoms with van der Waals surface area (Å²) in [5.74, 6) is -0.890. The first kappa shape index (κ1) is 23.3. The van der Waals surface area contributed by atoms with Crippen LogP contribution in [0.15, 0.2) is 47.7 Å². The molecule has 1 saturated carbocycles. The van der Waals surface area contributed by atoms with Crippen LogP contribution in [0.25, 0.3) is 22.2 Å². The minimum Gasteiger partial charge on any atom is -0.373 e. The molecule has 1 atom stereocenters. The van der Waals surface area contributed by atoms with Gasteiger partial charge in [0.2, 0.25) is 0 Å². The van der Waals surface area contributed by atoms with Crippen LogP contribution in [-0.4, -0.2) is 30.9 Å². The fourth-order valence-electron chi connectivity index (χ4n) is 4.28. The summed E-state index contributed by atoms with van der Waals surface area (Å²) < 4.78 is 36.2. The van der Waals surface area contributed by atoms with Crippen LogP contribution in [0.5, 0.6) is 0 Å². The Labute approximate surface area is 201 Å². The summed E-state index contributed by atoms with van der Waals surface area (Å²) in [5.41, 5.74) is 1.70. The lowest BCUT2D eigenvalue weighted by Crippen LogP contribution is -2.21. The van der Waals surface area contributed by atoms with Crippen LogP contribution in [0.2, 0.25) is 0 Å². The van der Waals surface area contributed by atoms with E-state index >= 15 is 0 Å². The number of benzene rings is 1. The predicted molar refractivity (Wildman–Crippen MR) is 128 cm³/mol. The molecule has 0 spiro atoms. The number of rotatable bonds is 3. The van der Waals surface area contributed by atoms with Crippen LogP contribution in [-0.2, 0) is 11.8 Å². The smallest absolute Gasteiger partial charge is 0.263 e. The van der Waals surface area contributed by atoms with Gasteiger partial charge in [0, 0.05) is 48.8 Å². The summed E-state index contributed by atoms with van der Waals surface area (Å²) in [4.78, 5) is 20.7. The number of ether oxygens (including phenoxy) is 1. The van der Waals surface area contributed by atoms with Crippen LogP contribution >= 0.6 is 0 Å². The maximum Gasteiger partial charge on any atom is 0.263 e. The van der Waals surface area contributed by atoms with Crippen LogP contribution < -0.4 is 5.56 Å². The summed E-state index contributed by atoms with van der Waals surface area (Å²) in [5, 5.41) is 4.61. The van der Waals surface area contributed by atoms with Crippen molar-refractivity contribution in [3.8, 4) is 11.1 Å². The Hall–Kier alpha value is -3.46. The van der Waals surface area contributed by atoms with E-state index in [1.54, 1.807) is 14.0 Å². The summed E-state index contributed by atoms with van der Waals surface area (Å²) in [6, 6.07) is 5.45. The molecule has 1 aliphatic carbocycles. The van der Waals surface area contributed by atoms with Crippen molar-refractivity contribution in [1.29, 1.82) is 0 Å². The van der Waals surface area contributed by atoms with Gasteiger partial charge < -0.3 is 4.74 Å². The molecule has 35 heavy (non-hydrogen) atoms. The normalized spacial score (nSPS) is 17.8. The van der Waals surface area contributed by atoms with E-state index < -0.39 is 11.6 Å². The fraction of sp³-hybridized carbons (Fsp3) is 0.385. The van der Waals surface area contributed by atoms with E-state index in [1.807, 2.05) is 6.20 Å². The monoisotopic (exact) mass is 479 g/mol. The second kappa shape index (κ2) is 9.65. The molecule has 0 bridgehead atoms. The van der Waals surface area contributed by atoms with Crippen LogP contribution in [0.1, 0.15) is 55.6 Å². The van der Waals surface area contributed by atoms with Crippen molar-refractivity contribution in [3.05, 3.63) is 76.2 Å². The van der Waals surface area contributed by atoms with Crippen LogP contribution in [0.3, 0.4) is 0 Å². The molecule has 6 rings (SSSR count). The average molecular weight is 480 g/mol. The lowest BCUT2D eigenvalue weighted by Gasteiger charge is -2.21. The van der Waals surface area contributed by atoms with Gasteiger partial charge in [-0.05, 0) is 57.2 Å². The molecule has 7 nitrogen and oxygen atoms in total. The van der Waals surface area contributed by atoms with Crippen LogP contribution in [0.4, 0.5) is 8.78 Å². The number of aryl methyl sites for hydroxylation is 1. The first-order valence-corrected chi connectivity index (χ1v) is 11.9. The number of hydrogen-bond acceptors (Lipinski definition) is 5. The maximum atomic E-state index is 14.0. The minimum atomic E-state index is -0.731. The average Bonchev–Trinajstić information content (AvgIpc) is 3.59. The van der Waals surface area contributed by atoms with Gasteiger partial charge >= 0.3 is 0 Å². The summed E-state index contributed by atoms with van der Waals surface area (Å²) in [6.45, 7) is 2.60. The molecule has 4 heterocycles. The van der Waals surface area contributed by atoms with Gasteiger partial charge in [-0.1, -0.05) is 0 Å². The quantitative estimate of drug-likeness (QED) is 0.412. The zero-order chi connectivity index (χ0) is 24.5. The molecule has 2 aliphatic rings. The van der Waals surface area contributed by atoms with Crippen molar-refractivity contribution in [2.75, 3.05) is 6.61 Å². The first-order chi connectivity index (χ1) is 16.9. The van der Waals surface area contributed by atoms with Gasteiger partial charge in [-0.2, -0.15) is 5.10 Å². The first-order valence-electron chi connectivity index (χ1n) is 11.9. The van der Waals surface area contributed by atoms with Gasteiger partial charge in [-0.25, -0.2) is 18.7 Å². The van der Waals surface area contributed by atoms with Gasteiger partial charge in [0.05, 0.1) is 23.7 Å². The lowest BCUT2D eigenvalue weighted by molar-refractivity contribution is 0.0149. The predicted octanol–water partition coefficient (Wildman–Crippen LogP) is 5.04. The molecular formula is C26H27F2N5O2. The highest BCUT2D eigenvalue weighted by molar-refractivity contribution is 5.91. The number of fused-ring (bicyclic) bond motifs is 1. The summed E-state index contributed by atoms with van der Waals surface area (Å²) >= 11 is 0. The standard InChI is InChI=1S/C15H11F2N3O.C11H16N2O/c1-8-19-14-13(15(21)20(8)2)11(5-6-18-14)10-4-3-9(16)7-12(10)17;1-2-6-14-11(3-1)9-7-12-13(8-9)10-4-5-10/h3-7H,1-2H3;7-8,10-11H,1-6H2/t;11-/m.1/s1. The minimum absolute atomic E-state index is 0.145. The Balaban J connectivity index is 0.000000156. The van der Waals surface area contributed by atoms with Gasteiger partial charge in [0.25, 0.3) is 5.56 Å². The van der Waals surface area contributed by atoms with Crippen molar-refractivity contribution < 1.29 is 13.5 Å². The van der Waals surface area contributed by atoms with Gasteiger partial charge in [-0.15, -0.1) is 0 Å². The van der Waals surface area contributed by atoms with Gasteiger partial charge in [-0.3, -0.25) is 14.0 Å². The molecule has 2 fully saturated rings. The molecule has 1 aliphatic heterocycles. The van der Waals surface area contributed by atoms with E-state index in [4.69, 9.17) is 4.74 Å². The largest absolute Gasteiger partial charge is 0.373 e. The van der Waals surface area contributed by atoms with Gasteiger partial charge in [0.1, 0.15) is 17.5 Å². The molecule has 1 aromatic carbocycles. The summed E-state index contributed by atoms with van der Waals surface area (Å²) in [6.07, 6.45) is 12.2. The topological polar surface area (TPSA) is 74.8 Å². The Morgan fingerprint density at radius 3 is 2.63 bits per heavy atom. The molecule has 0 N–H and O–H groups in total. The number of nitrogens with zero attached hydrogens (tertiary/aromatic N) is 5. The van der Waals surface area contributed by atoms with E-state index in [-0.39, 0.29) is 22.2 Å². The second-order valence-electron chi connectivity index (χ2n) is 9.04. The van der Waals surface area contributed by atoms with Crippen molar-refractivity contribution in [3.63, 3.8) is 0 Å². The van der Waals surface area contributed by atoms with E-state index in [9.17, 15) is 13.6 Å². The molecule has 0 radical (unpaired) electrons. The third-order valence-corrected chi connectivity index (χ3v) is 6.52. The number of hydrogen-bond donors (Lipinski definition) is 0. The van der Waals surface area contributed by atoms with Crippen molar-refractivity contribution >= 4 is 11.0 Å². The molecule has 1 saturated heterocycles. The SMILES string of the molecule is Cc1nc2nccc(-c3ccc(F)cc3F)c2c(=O)n1C.c1nn(C2CC2)cc1[C@H]1CCCCO1. The lowest BCUT2D eigenvalue weighted by atomic mass is 10.0. The molecule has 4 aromatic rings. The molecule has 182 valence electrons. The third kappa shape index (κ3) is 4.86. The van der Waals surface area contributed by atoms with E-state index in [0.717, 1.165) is 25.2 Å². The van der Waals surface area contributed by atoms with E-state index in [1.165, 1.54) is 54.1 Å². The molecule has 0 amide bonds. The highest BCUT2D eigenvalue weighted by Crippen LogP contribution is 2.36. The summed E-state index contributed by atoms with van der Waals surface area (Å²) in [7, 11) is 1.59. The second-order valence-corrected chi connectivity index (χ2v) is 9.04. The number of halogens is 2. The zero-order valence-corrected chi connectivity index (χ0v) is 19.7. The molecule has 9 heteroatoms. The van der Waals surface area contributed by atoms with Crippen molar-refractivity contribution in [1.82, 2.24) is 24.3 Å². The maximum absolute atomic E-state index is 14.0. The Morgan fingerprint density at radius 1 is 1.09 bits per heavy atom. The van der Waals surface area contributed by atoms with E-state index in [2.05, 4.69) is 25.9 Å². The van der Waals surface area contributed by atoms with E-state index in [0.29, 0.717) is 23.5 Å². The Bertz CT molecular complexity index is 1420. The highest BCUT2D eigenvalue weighted by atomic mass is 19.1. The van der Waals surface area contributed by atoms with Gasteiger partial charge in [0.15, 0.2) is 5.65 Å². The highest BCUT2D eigenvalue weighted by Gasteiger charge is 2.26. The zero-order valence-electron chi connectivity index (χ0n) is 19.7.